The van der Waals surface area contributed by atoms with Gasteiger partial charge in [-0.3, -0.25) is 4.79 Å². The van der Waals surface area contributed by atoms with Crippen LogP contribution >= 0.6 is 11.3 Å². The van der Waals surface area contributed by atoms with Crippen LogP contribution in [0.1, 0.15) is 28.2 Å². The van der Waals surface area contributed by atoms with Gasteiger partial charge in [0.25, 0.3) is 5.91 Å². The van der Waals surface area contributed by atoms with Crippen LogP contribution in [-0.2, 0) is 6.42 Å². The topological polar surface area (TPSA) is 85.5 Å². The first-order chi connectivity index (χ1) is 15.5. The summed E-state index contributed by atoms with van der Waals surface area (Å²) in [5.41, 5.74) is 7.31. The van der Waals surface area contributed by atoms with Gasteiger partial charge in [0.1, 0.15) is 5.75 Å². The number of likely N-dealkylation sites (tertiary alicyclic amines) is 1. The van der Waals surface area contributed by atoms with E-state index in [9.17, 15) is 9.59 Å². The van der Waals surface area contributed by atoms with E-state index in [-0.39, 0.29) is 11.1 Å². The van der Waals surface area contributed by atoms with Gasteiger partial charge in [0.2, 0.25) is 0 Å². The number of rotatable bonds is 4. The van der Waals surface area contributed by atoms with Gasteiger partial charge in [-0.2, -0.15) is 0 Å². The number of carbonyl (C=O) groups excluding carboxylic acids is 2. The maximum Gasteiger partial charge on any atom is 0.415 e. The highest BCUT2D eigenvalue weighted by Crippen LogP contribution is 2.28. The van der Waals surface area contributed by atoms with Crippen LogP contribution in [0, 0.1) is 5.92 Å². The lowest BCUT2D eigenvalue weighted by molar-refractivity contribution is 0.1000. The lowest BCUT2D eigenvalue weighted by Crippen LogP contribution is -2.40. The Bertz CT molecular complexity index is 1310. The molecule has 4 aromatic rings. The van der Waals surface area contributed by atoms with Crippen LogP contribution in [0.2, 0.25) is 0 Å². The molecule has 5 rings (SSSR count). The predicted molar refractivity (Wildman–Crippen MR) is 126 cm³/mol. The summed E-state index contributed by atoms with van der Waals surface area (Å²) in [6.07, 6.45) is 2.60. The minimum Gasteiger partial charge on any atom is -0.410 e. The molecule has 1 saturated heterocycles. The molecule has 2 heterocycles. The molecule has 1 aliphatic heterocycles. The summed E-state index contributed by atoms with van der Waals surface area (Å²) in [6.45, 7) is 1.37. The van der Waals surface area contributed by atoms with E-state index in [0.29, 0.717) is 30.3 Å². The number of primary amides is 1. The Morgan fingerprint density at radius 1 is 1.03 bits per heavy atom. The van der Waals surface area contributed by atoms with Crippen LogP contribution in [-0.4, -0.2) is 35.0 Å². The van der Waals surface area contributed by atoms with E-state index < -0.39 is 5.91 Å². The Balaban J connectivity index is 1.18. The van der Waals surface area contributed by atoms with Gasteiger partial charge in [0, 0.05) is 19.2 Å². The first-order valence-corrected chi connectivity index (χ1v) is 11.5. The third-order valence-corrected chi connectivity index (χ3v) is 7.02. The molecule has 0 radical (unpaired) electrons. The van der Waals surface area contributed by atoms with Crippen molar-refractivity contribution in [3.05, 3.63) is 71.2 Å². The summed E-state index contributed by atoms with van der Waals surface area (Å²) >= 11 is 1.19. The SMILES string of the molecule is NC(=O)c1nc2ccc(OC(=O)N3CCC(Cc4ccc5ccccc5c4)CC3)cc2s1. The van der Waals surface area contributed by atoms with Crippen molar-refractivity contribution < 1.29 is 14.3 Å². The lowest BCUT2D eigenvalue weighted by Gasteiger charge is -2.31. The number of thiazole rings is 1. The molecule has 7 heteroatoms. The molecule has 0 bridgehead atoms. The molecule has 32 heavy (non-hydrogen) atoms. The number of benzene rings is 3. The molecule has 1 fully saturated rings. The molecule has 0 unspecified atom stereocenters. The summed E-state index contributed by atoms with van der Waals surface area (Å²) in [5, 5.41) is 2.78. The zero-order valence-corrected chi connectivity index (χ0v) is 18.3. The number of ether oxygens (including phenoxy) is 1. The molecule has 2 amide bonds. The maximum absolute atomic E-state index is 12.6. The summed E-state index contributed by atoms with van der Waals surface area (Å²) in [7, 11) is 0. The van der Waals surface area contributed by atoms with Crippen molar-refractivity contribution in [3.8, 4) is 5.75 Å². The van der Waals surface area contributed by atoms with Gasteiger partial charge >= 0.3 is 6.09 Å². The second-order valence-corrected chi connectivity index (χ2v) is 9.23. The number of hydrogen-bond donors (Lipinski definition) is 1. The fraction of sp³-hybridized carbons (Fsp3) is 0.240. The van der Waals surface area contributed by atoms with Crippen LogP contribution in [0.4, 0.5) is 4.79 Å². The molecule has 6 nitrogen and oxygen atoms in total. The van der Waals surface area contributed by atoms with Gasteiger partial charge in [0.05, 0.1) is 10.2 Å². The largest absolute Gasteiger partial charge is 0.415 e. The normalized spacial score (nSPS) is 14.7. The zero-order chi connectivity index (χ0) is 22.1. The Hall–Kier alpha value is -3.45. The molecule has 2 N–H and O–H groups in total. The minimum atomic E-state index is -0.559. The van der Waals surface area contributed by atoms with Crippen molar-refractivity contribution in [1.29, 1.82) is 0 Å². The average Bonchev–Trinajstić information content (AvgIpc) is 3.23. The van der Waals surface area contributed by atoms with E-state index in [2.05, 4.69) is 47.4 Å². The second kappa shape index (κ2) is 8.59. The first kappa shape index (κ1) is 20.5. The molecule has 0 saturated carbocycles. The monoisotopic (exact) mass is 445 g/mol. The molecule has 1 aliphatic rings. The van der Waals surface area contributed by atoms with Crippen molar-refractivity contribution in [3.63, 3.8) is 0 Å². The van der Waals surface area contributed by atoms with Crippen molar-refractivity contribution in [2.75, 3.05) is 13.1 Å². The quantitative estimate of drug-likeness (QED) is 0.479. The number of piperidine rings is 1. The molecule has 0 spiro atoms. The number of nitrogens with zero attached hydrogens (tertiary/aromatic N) is 2. The van der Waals surface area contributed by atoms with Gasteiger partial charge in [-0.05, 0) is 53.6 Å². The van der Waals surface area contributed by atoms with Gasteiger partial charge in [0.15, 0.2) is 5.01 Å². The molecule has 1 aromatic heterocycles. The fourth-order valence-electron chi connectivity index (χ4n) is 4.26. The van der Waals surface area contributed by atoms with Crippen molar-refractivity contribution in [2.24, 2.45) is 11.7 Å². The molecule has 0 aliphatic carbocycles. The van der Waals surface area contributed by atoms with Gasteiger partial charge in [-0.1, -0.05) is 42.5 Å². The number of hydrogen-bond acceptors (Lipinski definition) is 5. The Morgan fingerprint density at radius 2 is 1.81 bits per heavy atom. The molecule has 162 valence electrons. The summed E-state index contributed by atoms with van der Waals surface area (Å²) in [5.74, 6) is 0.442. The fourth-order valence-corrected chi connectivity index (χ4v) is 5.10. The molecular weight excluding hydrogens is 422 g/mol. The predicted octanol–water partition coefficient (Wildman–Crippen LogP) is 5.00. The number of aromatic nitrogens is 1. The Morgan fingerprint density at radius 3 is 2.59 bits per heavy atom. The standard InChI is InChI=1S/C25H23N3O3S/c26-23(29)24-27-21-8-7-20(15-22(21)32-24)31-25(30)28-11-9-16(10-12-28)13-17-5-6-18-3-1-2-4-19(18)14-17/h1-8,14-16H,9-13H2,(H2,26,29). The van der Waals surface area contributed by atoms with E-state index in [4.69, 9.17) is 10.5 Å². The van der Waals surface area contributed by atoms with E-state index in [1.807, 2.05) is 0 Å². The smallest absolute Gasteiger partial charge is 0.410 e. The number of carbonyl (C=O) groups is 2. The minimum absolute atomic E-state index is 0.247. The highest BCUT2D eigenvalue weighted by molar-refractivity contribution is 7.20. The number of nitrogens with two attached hydrogens (primary N) is 1. The number of fused-ring (bicyclic) bond motifs is 2. The third-order valence-electron chi connectivity index (χ3n) is 5.99. The molecular formula is C25H23N3O3S. The van der Waals surface area contributed by atoms with E-state index >= 15 is 0 Å². The van der Waals surface area contributed by atoms with Crippen LogP contribution in [0.25, 0.3) is 21.0 Å². The van der Waals surface area contributed by atoms with Gasteiger partial charge < -0.3 is 15.4 Å². The summed E-state index contributed by atoms with van der Waals surface area (Å²) in [4.78, 5) is 29.9. The van der Waals surface area contributed by atoms with Crippen LogP contribution in [0.15, 0.2) is 60.7 Å². The second-order valence-electron chi connectivity index (χ2n) is 8.20. The van der Waals surface area contributed by atoms with Gasteiger partial charge in [-0.25, -0.2) is 9.78 Å². The van der Waals surface area contributed by atoms with Crippen LogP contribution in [0.3, 0.4) is 0 Å². The third kappa shape index (κ3) is 4.29. The van der Waals surface area contributed by atoms with Crippen molar-refractivity contribution in [2.45, 2.75) is 19.3 Å². The average molecular weight is 446 g/mol. The van der Waals surface area contributed by atoms with Crippen molar-refractivity contribution >= 4 is 44.3 Å². The molecule has 0 atom stereocenters. The summed E-state index contributed by atoms with van der Waals surface area (Å²) in [6, 6.07) is 20.2. The van der Waals surface area contributed by atoms with Gasteiger partial charge in [-0.15, -0.1) is 11.3 Å². The number of amides is 2. The first-order valence-electron chi connectivity index (χ1n) is 10.7. The van der Waals surface area contributed by atoms with Crippen molar-refractivity contribution in [1.82, 2.24) is 9.88 Å². The Kier molecular flexibility index (Phi) is 5.49. The van der Waals surface area contributed by atoms with E-state index in [0.717, 1.165) is 24.0 Å². The van der Waals surface area contributed by atoms with E-state index in [1.54, 1.807) is 23.1 Å². The highest BCUT2D eigenvalue weighted by Gasteiger charge is 2.24. The van der Waals surface area contributed by atoms with Crippen LogP contribution < -0.4 is 10.5 Å². The maximum atomic E-state index is 12.6. The Labute approximate surface area is 189 Å². The summed E-state index contributed by atoms with van der Waals surface area (Å²) < 4.78 is 6.35. The van der Waals surface area contributed by atoms with E-state index in [1.165, 1.54) is 27.7 Å². The lowest BCUT2D eigenvalue weighted by atomic mass is 9.89. The zero-order valence-electron chi connectivity index (χ0n) is 17.5. The molecule has 3 aromatic carbocycles. The highest BCUT2D eigenvalue weighted by atomic mass is 32.1. The van der Waals surface area contributed by atoms with Crippen LogP contribution in [0.5, 0.6) is 5.75 Å².